The van der Waals surface area contributed by atoms with Crippen molar-refractivity contribution in [3.63, 3.8) is 0 Å². The van der Waals surface area contributed by atoms with E-state index in [0.717, 1.165) is 24.2 Å². The third-order valence-corrected chi connectivity index (χ3v) is 3.57. The Bertz CT molecular complexity index is 591. The highest BCUT2D eigenvalue weighted by Crippen LogP contribution is 2.25. The first-order chi connectivity index (χ1) is 10.2. The van der Waals surface area contributed by atoms with Gasteiger partial charge in [0.05, 0.1) is 18.1 Å². The monoisotopic (exact) mass is 289 g/mol. The van der Waals surface area contributed by atoms with E-state index in [1.54, 1.807) is 12.1 Å². The predicted molar refractivity (Wildman–Crippen MR) is 76.0 cm³/mol. The minimum absolute atomic E-state index is 0.0496. The molecular weight excluding hydrogens is 274 g/mol. The molecule has 0 spiro atoms. The van der Waals surface area contributed by atoms with E-state index in [9.17, 15) is 10.1 Å². The molecule has 1 atom stereocenters. The Morgan fingerprint density at radius 1 is 1.29 bits per heavy atom. The van der Waals surface area contributed by atoms with Crippen LogP contribution in [0.2, 0.25) is 0 Å². The summed E-state index contributed by atoms with van der Waals surface area (Å²) in [5.41, 5.74) is 2.22. The van der Waals surface area contributed by atoms with Crippen LogP contribution < -0.4 is 0 Å². The first-order valence-corrected chi connectivity index (χ1v) is 6.66. The van der Waals surface area contributed by atoms with Gasteiger partial charge in [-0.05, 0) is 12.1 Å². The Hall–Kier alpha value is -2.25. The zero-order chi connectivity index (χ0) is 14.8. The molecule has 7 nitrogen and oxygen atoms in total. The summed E-state index contributed by atoms with van der Waals surface area (Å²) in [6.07, 6.45) is -0.279. The molecule has 110 valence electrons. The standard InChI is InChI=1S/C14H15N3O4/c1-10-13(11-2-4-12(5-3-11)17(18)19)15-21-14(10)16-6-8-20-9-7-16/h2-5,14H,1,6-9H2. The van der Waals surface area contributed by atoms with Gasteiger partial charge < -0.3 is 9.57 Å². The molecule has 7 heteroatoms. The second kappa shape index (κ2) is 5.63. The van der Waals surface area contributed by atoms with Crippen molar-refractivity contribution < 1.29 is 14.5 Å². The van der Waals surface area contributed by atoms with E-state index in [-0.39, 0.29) is 11.9 Å². The summed E-state index contributed by atoms with van der Waals surface area (Å²) in [5.74, 6) is 0. The van der Waals surface area contributed by atoms with Gasteiger partial charge in [-0.25, -0.2) is 0 Å². The molecule has 21 heavy (non-hydrogen) atoms. The van der Waals surface area contributed by atoms with Crippen molar-refractivity contribution in [1.82, 2.24) is 4.90 Å². The molecule has 0 amide bonds. The summed E-state index contributed by atoms with van der Waals surface area (Å²) in [7, 11) is 0. The molecule has 0 saturated carbocycles. The van der Waals surface area contributed by atoms with Crippen LogP contribution in [0.1, 0.15) is 5.56 Å². The largest absolute Gasteiger partial charge is 0.379 e. The lowest BCUT2D eigenvalue weighted by Gasteiger charge is -2.30. The third-order valence-electron chi connectivity index (χ3n) is 3.57. The predicted octanol–water partition coefficient (Wildman–Crippen LogP) is 1.54. The maximum absolute atomic E-state index is 10.7. The molecule has 1 saturated heterocycles. The average Bonchev–Trinajstić information content (AvgIpc) is 2.90. The molecule has 0 radical (unpaired) electrons. The lowest BCUT2D eigenvalue weighted by atomic mass is 10.0. The van der Waals surface area contributed by atoms with Crippen molar-refractivity contribution in [2.75, 3.05) is 26.3 Å². The van der Waals surface area contributed by atoms with Crippen LogP contribution in [0.4, 0.5) is 5.69 Å². The summed E-state index contributed by atoms with van der Waals surface area (Å²) < 4.78 is 5.31. The van der Waals surface area contributed by atoms with Gasteiger partial charge in [-0.3, -0.25) is 15.0 Å². The average molecular weight is 289 g/mol. The highest BCUT2D eigenvalue weighted by atomic mass is 16.7. The van der Waals surface area contributed by atoms with Crippen LogP contribution in [0.15, 0.2) is 41.6 Å². The topological polar surface area (TPSA) is 77.2 Å². The molecule has 0 bridgehead atoms. The summed E-state index contributed by atoms with van der Waals surface area (Å²) in [6.45, 7) is 6.93. The lowest BCUT2D eigenvalue weighted by Crippen LogP contribution is -2.44. The number of hydrogen-bond donors (Lipinski definition) is 0. The molecule has 0 N–H and O–H groups in total. The second-order valence-corrected chi connectivity index (χ2v) is 4.88. The Morgan fingerprint density at radius 3 is 2.57 bits per heavy atom. The van der Waals surface area contributed by atoms with E-state index >= 15 is 0 Å². The minimum Gasteiger partial charge on any atom is -0.379 e. The number of non-ortho nitro benzene ring substituents is 1. The number of nitro benzene ring substituents is 1. The van der Waals surface area contributed by atoms with Crippen molar-refractivity contribution in [3.05, 3.63) is 52.1 Å². The fourth-order valence-electron chi connectivity index (χ4n) is 2.42. The highest BCUT2D eigenvalue weighted by molar-refractivity contribution is 6.13. The molecule has 0 aliphatic carbocycles. The van der Waals surface area contributed by atoms with Gasteiger partial charge in [0.2, 0.25) is 6.23 Å². The van der Waals surface area contributed by atoms with Crippen molar-refractivity contribution in [1.29, 1.82) is 0 Å². The van der Waals surface area contributed by atoms with Crippen LogP contribution >= 0.6 is 0 Å². The normalized spacial score (nSPS) is 22.8. The quantitative estimate of drug-likeness (QED) is 0.623. The van der Waals surface area contributed by atoms with E-state index in [4.69, 9.17) is 9.57 Å². The van der Waals surface area contributed by atoms with E-state index < -0.39 is 4.92 Å². The van der Waals surface area contributed by atoms with Crippen molar-refractivity contribution in [2.24, 2.45) is 5.16 Å². The number of nitro groups is 1. The van der Waals surface area contributed by atoms with Gasteiger partial charge in [0.1, 0.15) is 5.71 Å². The molecule has 2 aliphatic heterocycles. The number of rotatable bonds is 3. The Balaban J connectivity index is 1.74. The number of hydrogen-bond acceptors (Lipinski definition) is 6. The van der Waals surface area contributed by atoms with Gasteiger partial charge in [-0.2, -0.15) is 0 Å². The molecule has 2 aliphatic rings. The van der Waals surface area contributed by atoms with Gasteiger partial charge in [0, 0.05) is 36.4 Å². The molecule has 1 aromatic carbocycles. The number of benzene rings is 1. The van der Waals surface area contributed by atoms with E-state index in [2.05, 4.69) is 16.6 Å². The van der Waals surface area contributed by atoms with Gasteiger partial charge in [-0.15, -0.1) is 0 Å². The molecule has 2 heterocycles. The van der Waals surface area contributed by atoms with Gasteiger partial charge in [-0.1, -0.05) is 11.7 Å². The molecular formula is C14H15N3O4. The SMILES string of the molecule is C=C1C(c2ccc([N+](=O)[O-])cc2)=NOC1N1CCOCC1. The van der Waals surface area contributed by atoms with E-state index in [0.29, 0.717) is 18.9 Å². The number of morpholine rings is 1. The maximum Gasteiger partial charge on any atom is 0.269 e. The van der Waals surface area contributed by atoms with Gasteiger partial charge in [0.15, 0.2) is 0 Å². The third kappa shape index (κ3) is 2.65. The van der Waals surface area contributed by atoms with Crippen LogP contribution in [-0.4, -0.2) is 48.1 Å². The van der Waals surface area contributed by atoms with Crippen LogP contribution in [0.5, 0.6) is 0 Å². The molecule has 1 unspecified atom stereocenters. The zero-order valence-electron chi connectivity index (χ0n) is 11.4. The molecule has 1 fully saturated rings. The van der Waals surface area contributed by atoms with Crippen molar-refractivity contribution >= 4 is 11.4 Å². The fourth-order valence-corrected chi connectivity index (χ4v) is 2.42. The van der Waals surface area contributed by atoms with Crippen LogP contribution in [0.3, 0.4) is 0 Å². The van der Waals surface area contributed by atoms with Gasteiger partial charge in [0.25, 0.3) is 5.69 Å². The maximum atomic E-state index is 10.7. The first kappa shape index (κ1) is 13.7. The molecule has 1 aromatic rings. The molecule has 0 aromatic heterocycles. The van der Waals surface area contributed by atoms with E-state index in [1.165, 1.54) is 12.1 Å². The zero-order valence-corrected chi connectivity index (χ0v) is 11.4. The van der Waals surface area contributed by atoms with Crippen molar-refractivity contribution in [3.8, 4) is 0 Å². The summed E-state index contributed by atoms with van der Waals surface area (Å²) in [4.78, 5) is 17.8. The van der Waals surface area contributed by atoms with Gasteiger partial charge >= 0.3 is 0 Å². The Kier molecular flexibility index (Phi) is 3.68. The fraction of sp³-hybridized carbons (Fsp3) is 0.357. The minimum atomic E-state index is -0.428. The highest BCUT2D eigenvalue weighted by Gasteiger charge is 2.33. The number of nitrogens with zero attached hydrogens (tertiary/aromatic N) is 3. The van der Waals surface area contributed by atoms with Crippen LogP contribution in [0.25, 0.3) is 0 Å². The van der Waals surface area contributed by atoms with Crippen LogP contribution in [-0.2, 0) is 9.57 Å². The van der Waals surface area contributed by atoms with Crippen LogP contribution in [0, 0.1) is 10.1 Å². The second-order valence-electron chi connectivity index (χ2n) is 4.88. The smallest absolute Gasteiger partial charge is 0.269 e. The lowest BCUT2D eigenvalue weighted by molar-refractivity contribution is -0.384. The number of oxime groups is 1. The first-order valence-electron chi connectivity index (χ1n) is 6.66. The van der Waals surface area contributed by atoms with E-state index in [1.807, 2.05) is 0 Å². The molecule has 3 rings (SSSR count). The number of ether oxygens (including phenoxy) is 1. The Morgan fingerprint density at radius 2 is 1.95 bits per heavy atom. The Labute approximate surface area is 121 Å². The summed E-state index contributed by atoms with van der Waals surface area (Å²) in [6, 6.07) is 6.22. The van der Waals surface area contributed by atoms with Crippen molar-refractivity contribution in [2.45, 2.75) is 6.23 Å². The summed E-state index contributed by atoms with van der Waals surface area (Å²) in [5, 5.41) is 14.8. The summed E-state index contributed by atoms with van der Waals surface area (Å²) >= 11 is 0.